The second-order valence-corrected chi connectivity index (χ2v) is 6.83. The first kappa shape index (κ1) is 18.6. The minimum atomic E-state index is -0.437. The molecule has 0 atom stereocenters. The summed E-state index contributed by atoms with van der Waals surface area (Å²) in [6.07, 6.45) is 1.93. The summed E-state index contributed by atoms with van der Waals surface area (Å²) in [5.74, 6) is -0.365. The van der Waals surface area contributed by atoms with Gasteiger partial charge in [0.05, 0.1) is 11.4 Å². The number of ether oxygens (including phenoxy) is 1. The Morgan fingerprint density at radius 2 is 2.12 bits per heavy atom. The van der Waals surface area contributed by atoms with Crippen molar-refractivity contribution in [3.8, 4) is 0 Å². The van der Waals surface area contributed by atoms with Gasteiger partial charge in [0.1, 0.15) is 12.4 Å². The van der Waals surface area contributed by atoms with Crippen LogP contribution in [-0.2, 0) is 22.6 Å². The average Bonchev–Trinajstić information content (AvgIpc) is 3.01. The van der Waals surface area contributed by atoms with Gasteiger partial charge in [0.15, 0.2) is 0 Å². The molecule has 2 heterocycles. The van der Waals surface area contributed by atoms with Gasteiger partial charge in [-0.2, -0.15) is 4.98 Å². The summed E-state index contributed by atoms with van der Waals surface area (Å²) in [7, 11) is 0. The van der Waals surface area contributed by atoms with Crippen LogP contribution >= 0.6 is 23.4 Å². The van der Waals surface area contributed by atoms with Crippen molar-refractivity contribution in [2.75, 3.05) is 6.26 Å². The zero-order chi connectivity index (χ0) is 18.8. The van der Waals surface area contributed by atoms with Gasteiger partial charge in [-0.3, -0.25) is 4.79 Å². The van der Waals surface area contributed by atoms with Crippen LogP contribution < -0.4 is 0 Å². The lowest BCUT2D eigenvalue weighted by Gasteiger charge is -2.11. The molecule has 0 aliphatic carbocycles. The second-order valence-electron chi connectivity index (χ2n) is 5.64. The Hall–Kier alpha value is -2.19. The largest absolute Gasteiger partial charge is 0.460 e. The third-order valence-corrected chi connectivity index (χ3v) is 4.83. The van der Waals surface area contributed by atoms with Gasteiger partial charge in [0, 0.05) is 22.5 Å². The first-order valence-corrected chi connectivity index (χ1v) is 9.35. The molecule has 0 saturated carbocycles. The number of nitrogens with zero attached hydrogens (tertiary/aromatic N) is 4. The van der Waals surface area contributed by atoms with Crippen molar-refractivity contribution in [3.63, 3.8) is 0 Å². The Morgan fingerprint density at radius 1 is 1.35 bits per heavy atom. The van der Waals surface area contributed by atoms with Crippen molar-refractivity contribution < 1.29 is 13.9 Å². The van der Waals surface area contributed by atoms with E-state index in [-0.39, 0.29) is 18.1 Å². The first-order valence-electron chi connectivity index (χ1n) is 7.75. The maximum absolute atomic E-state index is 13.1. The Labute approximate surface area is 158 Å². The van der Waals surface area contributed by atoms with Crippen LogP contribution in [0.2, 0.25) is 5.02 Å². The number of fused-ring (bicyclic) bond motifs is 1. The zero-order valence-corrected chi connectivity index (χ0v) is 16.0. The molecule has 0 fully saturated rings. The van der Waals surface area contributed by atoms with E-state index in [1.807, 2.05) is 20.1 Å². The van der Waals surface area contributed by atoms with Gasteiger partial charge in [-0.25, -0.2) is 13.9 Å². The van der Waals surface area contributed by atoms with Crippen LogP contribution in [0, 0.1) is 19.7 Å². The number of rotatable bonds is 5. The predicted molar refractivity (Wildman–Crippen MR) is 96.9 cm³/mol. The van der Waals surface area contributed by atoms with Gasteiger partial charge >= 0.3 is 5.97 Å². The van der Waals surface area contributed by atoms with Gasteiger partial charge in [-0.15, -0.1) is 5.10 Å². The van der Waals surface area contributed by atoms with Crippen LogP contribution in [0.4, 0.5) is 4.39 Å². The predicted octanol–water partition coefficient (Wildman–Crippen LogP) is 3.54. The number of benzene rings is 1. The molecule has 0 saturated heterocycles. The maximum Gasteiger partial charge on any atom is 0.310 e. The number of halogens is 2. The van der Waals surface area contributed by atoms with Crippen LogP contribution in [0.1, 0.15) is 22.5 Å². The number of aromatic nitrogens is 4. The highest BCUT2D eigenvalue weighted by Crippen LogP contribution is 2.20. The lowest BCUT2D eigenvalue weighted by molar-refractivity contribution is -0.144. The van der Waals surface area contributed by atoms with E-state index in [1.54, 1.807) is 4.52 Å². The molecule has 6 nitrogen and oxygen atoms in total. The number of hydrogen-bond acceptors (Lipinski definition) is 6. The Bertz CT molecular complexity index is 993. The normalized spacial score (nSPS) is 11.1. The molecule has 0 N–H and O–H groups in total. The van der Waals surface area contributed by atoms with E-state index < -0.39 is 11.8 Å². The molecular weight excluding hydrogens is 379 g/mol. The summed E-state index contributed by atoms with van der Waals surface area (Å²) < 4.78 is 20.0. The van der Waals surface area contributed by atoms with Gasteiger partial charge in [0.25, 0.3) is 5.78 Å². The molecule has 9 heteroatoms. The minimum absolute atomic E-state index is 0.0222. The van der Waals surface area contributed by atoms with Crippen molar-refractivity contribution in [1.82, 2.24) is 19.6 Å². The summed E-state index contributed by atoms with van der Waals surface area (Å²) in [6.45, 7) is 3.66. The molecule has 0 aliphatic rings. The van der Waals surface area contributed by atoms with Crippen LogP contribution in [0.3, 0.4) is 0 Å². The molecule has 0 spiro atoms. The minimum Gasteiger partial charge on any atom is -0.460 e. The average molecular weight is 395 g/mol. The number of carbonyl (C=O) groups is 1. The summed E-state index contributed by atoms with van der Waals surface area (Å²) in [5.41, 5.74) is 2.78. The highest BCUT2D eigenvalue weighted by molar-refractivity contribution is 7.98. The highest BCUT2D eigenvalue weighted by atomic mass is 35.5. The monoisotopic (exact) mass is 394 g/mol. The number of esters is 1. The number of aryl methyl sites for hydroxylation is 2. The van der Waals surface area contributed by atoms with E-state index in [1.165, 1.54) is 30.0 Å². The maximum atomic E-state index is 13.1. The fourth-order valence-corrected chi connectivity index (χ4v) is 3.08. The molecule has 0 bridgehead atoms. The van der Waals surface area contributed by atoms with Crippen LogP contribution in [0.5, 0.6) is 0 Å². The quantitative estimate of drug-likeness (QED) is 0.487. The number of thioether (sulfide) groups is 1. The van der Waals surface area contributed by atoms with Gasteiger partial charge in [-0.1, -0.05) is 29.4 Å². The van der Waals surface area contributed by atoms with Crippen molar-refractivity contribution in [2.45, 2.75) is 32.0 Å². The van der Waals surface area contributed by atoms with Crippen LogP contribution in [-0.4, -0.2) is 31.8 Å². The zero-order valence-electron chi connectivity index (χ0n) is 14.4. The summed E-state index contributed by atoms with van der Waals surface area (Å²) in [6, 6.07) is 3.95. The van der Waals surface area contributed by atoms with E-state index in [9.17, 15) is 9.18 Å². The van der Waals surface area contributed by atoms with Crippen molar-refractivity contribution in [3.05, 3.63) is 51.6 Å². The fourth-order valence-electron chi connectivity index (χ4n) is 2.52. The van der Waals surface area contributed by atoms with Gasteiger partial charge < -0.3 is 4.74 Å². The molecule has 0 aliphatic heterocycles. The Kier molecular flexibility index (Phi) is 5.43. The smallest absolute Gasteiger partial charge is 0.310 e. The lowest BCUT2D eigenvalue weighted by atomic mass is 10.1. The molecule has 3 aromatic rings. The molecule has 0 radical (unpaired) electrons. The molecular formula is C17H16ClFN4O2S. The van der Waals surface area contributed by atoms with Gasteiger partial charge in [0.2, 0.25) is 5.16 Å². The van der Waals surface area contributed by atoms with E-state index in [0.717, 1.165) is 11.3 Å². The summed E-state index contributed by atoms with van der Waals surface area (Å²) in [4.78, 5) is 21.0. The van der Waals surface area contributed by atoms with E-state index >= 15 is 0 Å². The lowest BCUT2D eigenvalue weighted by Crippen LogP contribution is -2.13. The first-order chi connectivity index (χ1) is 12.4. The van der Waals surface area contributed by atoms with Crippen molar-refractivity contribution in [1.29, 1.82) is 0 Å². The SMILES string of the molecule is CSc1nc2nc(C)c(CC(=O)OCc3ccc(F)cc3Cl)c(C)n2n1. The van der Waals surface area contributed by atoms with Crippen LogP contribution in [0.25, 0.3) is 5.78 Å². The standard InChI is InChI=1S/C17H16ClFN4O2S/c1-9-13(10(2)23-16(20-9)21-17(22-23)26-3)7-15(24)25-8-11-4-5-12(19)6-14(11)18/h4-6H,7-8H2,1-3H3. The third kappa shape index (κ3) is 3.81. The number of carbonyl (C=O) groups excluding carboxylic acids is 1. The van der Waals surface area contributed by atoms with Crippen molar-refractivity contribution >= 4 is 35.1 Å². The highest BCUT2D eigenvalue weighted by Gasteiger charge is 2.17. The Balaban J connectivity index is 1.76. The van der Waals surface area contributed by atoms with Gasteiger partial charge in [-0.05, 0) is 32.2 Å². The summed E-state index contributed by atoms with van der Waals surface area (Å²) >= 11 is 7.37. The molecule has 2 aromatic heterocycles. The van der Waals surface area contributed by atoms with E-state index in [4.69, 9.17) is 16.3 Å². The molecule has 136 valence electrons. The van der Waals surface area contributed by atoms with Crippen LogP contribution in [0.15, 0.2) is 23.4 Å². The molecule has 26 heavy (non-hydrogen) atoms. The Morgan fingerprint density at radius 3 is 2.81 bits per heavy atom. The molecule has 0 amide bonds. The van der Waals surface area contributed by atoms with Crippen molar-refractivity contribution in [2.24, 2.45) is 0 Å². The molecule has 3 rings (SSSR count). The third-order valence-electron chi connectivity index (χ3n) is 3.94. The topological polar surface area (TPSA) is 69.4 Å². The summed E-state index contributed by atoms with van der Waals surface area (Å²) in [5, 5.41) is 5.19. The van der Waals surface area contributed by atoms with E-state index in [0.29, 0.717) is 22.2 Å². The number of hydrogen-bond donors (Lipinski definition) is 0. The molecule has 0 unspecified atom stereocenters. The fraction of sp³-hybridized carbons (Fsp3) is 0.294. The second kappa shape index (κ2) is 7.59. The molecule has 1 aromatic carbocycles. The van der Waals surface area contributed by atoms with E-state index in [2.05, 4.69) is 15.1 Å².